The molecule has 0 bridgehead atoms. The van der Waals surface area contributed by atoms with Crippen molar-refractivity contribution in [2.24, 2.45) is 0 Å². The maximum Gasteiger partial charge on any atom is 0.251 e. The topological polar surface area (TPSA) is 67.4 Å². The number of hydrogen-bond acceptors (Lipinski definition) is 3. The first kappa shape index (κ1) is 17.5. The van der Waals surface area contributed by atoms with Crippen molar-refractivity contribution in [3.05, 3.63) is 34.9 Å². The van der Waals surface area contributed by atoms with Crippen molar-refractivity contribution in [2.45, 2.75) is 25.8 Å². The Labute approximate surface area is 130 Å². The third-order valence-corrected chi connectivity index (χ3v) is 3.05. The van der Waals surface area contributed by atoms with Gasteiger partial charge in [-0.2, -0.15) is 0 Å². The lowest BCUT2D eigenvalue weighted by molar-refractivity contribution is -0.122. The van der Waals surface area contributed by atoms with Gasteiger partial charge in [-0.3, -0.25) is 9.59 Å². The number of amides is 2. The number of methoxy groups -OCH3 is 1. The summed E-state index contributed by atoms with van der Waals surface area (Å²) < 4.78 is 4.94. The molecule has 0 spiro atoms. The Kier molecular flexibility index (Phi) is 7.79. The second-order valence-electron chi connectivity index (χ2n) is 4.79. The number of ether oxygens (including phenoxy) is 1. The number of benzene rings is 1. The van der Waals surface area contributed by atoms with E-state index >= 15 is 0 Å². The van der Waals surface area contributed by atoms with E-state index in [0.29, 0.717) is 36.6 Å². The molecule has 5 nitrogen and oxygen atoms in total. The van der Waals surface area contributed by atoms with Crippen LogP contribution in [0.5, 0.6) is 0 Å². The van der Waals surface area contributed by atoms with Crippen LogP contribution >= 0.6 is 11.6 Å². The zero-order chi connectivity index (χ0) is 15.7. The molecule has 1 aromatic rings. The van der Waals surface area contributed by atoms with E-state index in [9.17, 15) is 9.59 Å². The number of rotatable bonds is 8. The van der Waals surface area contributed by atoms with Crippen LogP contribution in [0.2, 0.25) is 5.02 Å². The van der Waals surface area contributed by atoms with E-state index in [-0.39, 0.29) is 17.9 Å². The molecule has 1 rings (SSSR count). The summed E-state index contributed by atoms with van der Waals surface area (Å²) in [5.74, 6) is -0.208. The average Bonchev–Trinajstić information content (AvgIpc) is 2.44. The van der Waals surface area contributed by atoms with E-state index in [1.807, 2.05) is 6.92 Å². The van der Waals surface area contributed by atoms with Gasteiger partial charge in [0.25, 0.3) is 5.91 Å². The normalized spacial score (nSPS) is 11.8. The summed E-state index contributed by atoms with van der Waals surface area (Å²) in [5, 5.41) is 6.17. The lowest BCUT2D eigenvalue weighted by atomic mass is 10.2. The quantitative estimate of drug-likeness (QED) is 0.722. The molecule has 1 unspecified atom stereocenters. The SMILES string of the molecule is COCC(C)NC(=O)CCCNC(=O)c1ccc(Cl)cc1. The van der Waals surface area contributed by atoms with Gasteiger partial charge in [-0.25, -0.2) is 0 Å². The van der Waals surface area contributed by atoms with Gasteiger partial charge in [-0.1, -0.05) is 11.6 Å². The Balaban J connectivity index is 2.20. The summed E-state index contributed by atoms with van der Waals surface area (Å²) in [6, 6.07) is 6.65. The Hall–Kier alpha value is -1.59. The Morgan fingerprint density at radius 1 is 1.29 bits per heavy atom. The molecule has 0 fully saturated rings. The van der Waals surface area contributed by atoms with E-state index in [4.69, 9.17) is 16.3 Å². The van der Waals surface area contributed by atoms with Crippen molar-refractivity contribution in [3.63, 3.8) is 0 Å². The molecule has 0 aliphatic carbocycles. The molecule has 1 aromatic carbocycles. The fourth-order valence-corrected chi connectivity index (χ4v) is 1.92. The van der Waals surface area contributed by atoms with Gasteiger partial charge in [0.2, 0.25) is 5.91 Å². The molecule has 0 aliphatic rings. The van der Waals surface area contributed by atoms with Gasteiger partial charge in [0.1, 0.15) is 0 Å². The molecule has 0 saturated carbocycles. The van der Waals surface area contributed by atoms with Crippen LogP contribution < -0.4 is 10.6 Å². The monoisotopic (exact) mass is 312 g/mol. The first-order valence-corrected chi connectivity index (χ1v) is 7.22. The standard InChI is InChI=1S/C15H21ClN2O3/c1-11(10-21-2)18-14(19)4-3-9-17-15(20)12-5-7-13(16)8-6-12/h5-8,11H,3-4,9-10H2,1-2H3,(H,17,20)(H,18,19). The Bertz CT molecular complexity index is 462. The number of carbonyl (C=O) groups is 2. The lowest BCUT2D eigenvalue weighted by Crippen LogP contribution is -2.36. The highest BCUT2D eigenvalue weighted by atomic mass is 35.5. The van der Waals surface area contributed by atoms with Gasteiger partial charge in [-0.05, 0) is 37.6 Å². The lowest BCUT2D eigenvalue weighted by Gasteiger charge is -2.12. The van der Waals surface area contributed by atoms with Crippen LogP contribution in [0.15, 0.2) is 24.3 Å². The highest BCUT2D eigenvalue weighted by molar-refractivity contribution is 6.30. The number of hydrogen-bond donors (Lipinski definition) is 2. The molecule has 116 valence electrons. The maximum atomic E-state index is 11.8. The Morgan fingerprint density at radius 2 is 1.95 bits per heavy atom. The molecule has 6 heteroatoms. The molecule has 2 N–H and O–H groups in total. The molecule has 0 aromatic heterocycles. The fraction of sp³-hybridized carbons (Fsp3) is 0.467. The maximum absolute atomic E-state index is 11.8. The molecule has 0 heterocycles. The van der Waals surface area contributed by atoms with Crippen molar-refractivity contribution in [1.29, 1.82) is 0 Å². The van der Waals surface area contributed by atoms with Gasteiger partial charge in [0, 0.05) is 36.7 Å². The molecular weight excluding hydrogens is 292 g/mol. The molecule has 0 aliphatic heterocycles. The Morgan fingerprint density at radius 3 is 2.57 bits per heavy atom. The second kappa shape index (κ2) is 9.37. The summed E-state index contributed by atoms with van der Waals surface area (Å²) >= 11 is 5.76. The van der Waals surface area contributed by atoms with Crippen molar-refractivity contribution in [2.75, 3.05) is 20.3 Å². The van der Waals surface area contributed by atoms with E-state index in [1.54, 1.807) is 31.4 Å². The minimum absolute atomic E-state index is 0.00819. The largest absolute Gasteiger partial charge is 0.383 e. The van der Waals surface area contributed by atoms with Crippen LogP contribution in [-0.2, 0) is 9.53 Å². The van der Waals surface area contributed by atoms with Crippen molar-refractivity contribution >= 4 is 23.4 Å². The number of halogens is 1. The van der Waals surface area contributed by atoms with Crippen LogP contribution in [0.1, 0.15) is 30.1 Å². The van der Waals surface area contributed by atoms with E-state index in [2.05, 4.69) is 10.6 Å². The summed E-state index contributed by atoms with van der Waals surface area (Å²) in [6.07, 6.45) is 0.958. The van der Waals surface area contributed by atoms with Gasteiger partial charge in [0.15, 0.2) is 0 Å². The van der Waals surface area contributed by atoms with Crippen LogP contribution in [0.3, 0.4) is 0 Å². The predicted octanol–water partition coefficient (Wildman–Crippen LogP) is 2.00. The first-order chi connectivity index (χ1) is 10.0. The van der Waals surface area contributed by atoms with Crippen LogP contribution in [0.4, 0.5) is 0 Å². The number of carbonyl (C=O) groups excluding carboxylic acids is 2. The van der Waals surface area contributed by atoms with Gasteiger partial charge < -0.3 is 15.4 Å². The smallest absolute Gasteiger partial charge is 0.251 e. The van der Waals surface area contributed by atoms with Gasteiger partial charge in [-0.15, -0.1) is 0 Å². The average molecular weight is 313 g/mol. The molecule has 2 amide bonds. The van der Waals surface area contributed by atoms with E-state index < -0.39 is 0 Å². The summed E-state index contributed by atoms with van der Waals surface area (Å²) in [6.45, 7) is 2.82. The van der Waals surface area contributed by atoms with Crippen molar-refractivity contribution in [3.8, 4) is 0 Å². The van der Waals surface area contributed by atoms with Crippen LogP contribution in [0.25, 0.3) is 0 Å². The minimum atomic E-state index is -0.167. The van der Waals surface area contributed by atoms with Gasteiger partial charge in [0.05, 0.1) is 6.61 Å². The van der Waals surface area contributed by atoms with Crippen LogP contribution in [-0.4, -0.2) is 38.1 Å². The van der Waals surface area contributed by atoms with Crippen LogP contribution in [0, 0.1) is 0 Å². The van der Waals surface area contributed by atoms with E-state index in [1.165, 1.54) is 0 Å². The highest BCUT2D eigenvalue weighted by Crippen LogP contribution is 2.09. The van der Waals surface area contributed by atoms with Gasteiger partial charge >= 0.3 is 0 Å². The van der Waals surface area contributed by atoms with Crippen molar-refractivity contribution < 1.29 is 14.3 Å². The molecular formula is C15H21ClN2O3. The zero-order valence-corrected chi connectivity index (χ0v) is 13.1. The molecule has 1 atom stereocenters. The zero-order valence-electron chi connectivity index (χ0n) is 12.3. The van der Waals surface area contributed by atoms with Crippen molar-refractivity contribution in [1.82, 2.24) is 10.6 Å². The first-order valence-electron chi connectivity index (χ1n) is 6.85. The molecule has 0 radical (unpaired) electrons. The summed E-state index contributed by atoms with van der Waals surface area (Å²) in [7, 11) is 1.59. The minimum Gasteiger partial charge on any atom is -0.383 e. The van der Waals surface area contributed by atoms with E-state index in [0.717, 1.165) is 0 Å². The molecule has 21 heavy (non-hydrogen) atoms. The number of nitrogens with one attached hydrogen (secondary N) is 2. The predicted molar refractivity (Wildman–Crippen MR) is 82.5 cm³/mol. The third-order valence-electron chi connectivity index (χ3n) is 2.80. The third kappa shape index (κ3) is 7.11. The summed E-state index contributed by atoms with van der Waals surface area (Å²) in [5.41, 5.74) is 0.553. The highest BCUT2D eigenvalue weighted by Gasteiger charge is 2.08. The summed E-state index contributed by atoms with van der Waals surface area (Å²) in [4.78, 5) is 23.4. The second-order valence-corrected chi connectivity index (χ2v) is 5.23. The molecule has 0 saturated heterocycles. The fourth-order valence-electron chi connectivity index (χ4n) is 1.79.